The van der Waals surface area contributed by atoms with Gasteiger partial charge in [-0.2, -0.15) is 0 Å². The summed E-state index contributed by atoms with van der Waals surface area (Å²) < 4.78 is 20.2. The van der Waals surface area contributed by atoms with E-state index in [0.29, 0.717) is 0 Å². The van der Waals surface area contributed by atoms with Crippen LogP contribution in [0, 0.1) is 0 Å². The molecule has 0 radical (unpaired) electrons. The summed E-state index contributed by atoms with van der Waals surface area (Å²) in [6, 6.07) is 15.4. The molecule has 2 aromatic carbocycles. The van der Waals surface area contributed by atoms with Gasteiger partial charge in [0.25, 0.3) is 0 Å². The normalized spacial score (nSPS) is 18.4. The van der Waals surface area contributed by atoms with Crippen molar-refractivity contribution >= 4 is 36.1 Å². The van der Waals surface area contributed by atoms with Crippen molar-refractivity contribution in [2.45, 2.75) is 104 Å². The Bertz CT molecular complexity index is 1460. The lowest BCUT2D eigenvalue weighted by molar-refractivity contribution is -0.166. The molecular weight excluding hydrogens is 728 g/mol. The Morgan fingerprint density at radius 2 is 0.911 bits per heavy atom. The number of carboxylic acids is 2. The second-order valence-corrected chi connectivity index (χ2v) is 15.2. The van der Waals surface area contributed by atoms with Crippen molar-refractivity contribution in [3.8, 4) is 0 Å². The molecule has 0 aliphatic carbocycles. The highest BCUT2D eigenvalue weighted by Crippen LogP contribution is 2.16. The highest BCUT2D eigenvalue weighted by molar-refractivity contribution is 5.95. The average Bonchev–Trinajstić information content (AvgIpc) is 3.48. The molecule has 0 bridgehead atoms. The molecule has 2 aliphatic rings. The third kappa shape index (κ3) is 17.1. The number of aliphatic carboxylic acids is 2. The van der Waals surface area contributed by atoms with Gasteiger partial charge in [0.1, 0.15) is 11.2 Å². The van der Waals surface area contributed by atoms with E-state index < -0.39 is 47.3 Å². The fourth-order valence-corrected chi connectivity index (χ4v) is 5.21. The largest absolute Gasteiger partial charge is 0.478 e. The highest BCUT2D eigenvalue weighted by atomic mass is 16.6. The first-order valence-corrected chi connectivity index (χ1v) is 18.6. The zero-order valence-corrected chi connectivity index (χ0v) is 33.6. The Kier molecular flexibility index (Phi) is 18.7. The minimum absolute atomic E-state index is 0.0253. The van der Waals surface area contributed by atoms with E-state index in [0.717, 1.165) is 52.1 Å². The summed E-state index contributed by atoms with van der Waals surface area (Å²) in [5.74, 6) is -5.63. The lowest BCUT2D eigenvalue weighted by Gasteiger charge is -2.30. The minimum atomic E-state index is -2.21. The number of hydrogen-bond acceptors (Lipinski definition) is 12. The van der Waals surface area contributed by atoms with Gasteiger partial charge in [-0.05, 0) is 106 Å². The van der Waals surface area contributed by atoms with Gasteiger partial charge in [-0.1, -0.05) is 36.4 Å². The van der Waals surface area contributed by atoms with Crippen LogP contribution in [0.3, 0.4) is 0 Å². The lowest BCUT2D eigenvalue weighted by atomic mass is 10.1. The van der Waals surface area contributed by atoms with Gasteiger partial charge in [0, 0.05) is 38.3 Å². The molecule has 4 rings (SSSR count). The van der Waals surface area contributed by atoms with Gasteiger partial charge in [-0.3, -0.25) is 0 Å². The summed E-state index contributed by atoms with van der Waals surface area (Å²) in [6.45, 7) is 20.6. The second-order valence-electron chi connectivity index (χ2n) is 15.2. The summed E-state index contributed by atoms with van der Waals surface area (Å²) in [7, 11) is 0. The van der Waals surface area contributed by atoms with E-state index in [1.807, 2.05) is 51.3 Å². The maximum absolute atomic E-state index is 12.0. The first kappa shape index (κ1) is 46.9. The fourth-order valence-electron chi connectivity index (χ4n) is 5.21. The number of carboxylic acid groups (broad SMARTS) is 2. The first-order chi connectivity index (χ1) is 26.2. The SMILES string of the molecule is C[C@H]1CCNCCN1C(=O)OC(C)(C)C.C[C@H]1CCNCCN1C(=O)OC(C)(C)C.O=C(O[C@@H](C(=O)O)[C@@H](OC(=O)c1ccccc1)C(=O)O)c1ccccc1. The molecule has 310 valence electrons. The van der Waals surface area contributed by atoms with Crippen molar-refractivity contribution in [3.05, 3.63) is 71.8 Å². The Morgan fingerprint density at radius 3 is 1.20 bits per heavy atom. The molecule has 2 fully saturated rings. The number of nitrogens with one attached hydrogen (secondary N) is 2. The van der Waals surface area contributed by atoms with Gasteiger partial charge in [0.2, 0.25) is 12.2 Å². The van der Waals surface area contributed by atoms with Crippen LogP contribution >= 0.6 is 0 Å². The zero-order chi connectivity index (χ0) is 42.1. The predicted octanol–water partition coefficient (Wildman–Crippen LogP) is 4.82. The summed E-state index contributed by atoms with van der Waals surface area (Å²) >= 11 is 0. The molecule has 56 heavy (non-hydrogen) atoms. The molecular formula is C40H58N4O12. The Balaban J connectivity index is 0.000000310. The van der Waals surface area contributed by atoms with Crippen LogP contribution < -0.4 is 10.6 Å². The maximum atomic E-state index is 12.0. The van der Waals surface area contributed by atoms with E-state index >= 15 is 0 Å². The first-order valence-electron chi connectivity index (χ1n) is 18.6. The highest BCUT2D eigenvalue weighted by Gasteiger charge is 2.41. The molecule has 0 spiro atoms. The molecule has 2 saturated heterocycles. The number of ether oxygens (including phenoxy) is 4. The summed E-state index contributed by atoms with van der Waals surface area (Å²) in [5.41, 5.74) is -0.762. The molecule has 16 heteroatoms. The number of amides is 2. The third-order valence-electron chi connectivity index (χ3n) is 8.11. The van der Waals surface area contributed by atoms with Gasteiger partial charge >= 0.3 is 36.1 Å². The van der Waals surface area contributed by atoms with Crippen LogP contribution in [0.15, 0.2) is 60.7 Å². The van der Waals surface area contributed by atoms with E-state index in [4.69, 9.17) is 18.9 Å². The second kappa shape index (κ2) is 22.4. The van der Waals surface area contributed by atoms with Crippen molar-refractivity contribution in [2.24, 2.45) is 0 Å². The van der Waals surface area contributed by atoms with Crippen molar-refractivity contribution < 1.29 is 57.9 Å². The van der Waals surface area contributed by atoms with Crippen LogP contribution in [-0.2, 0) is 28.5 Å². The van der Waals surface area contributed by atoms with Gasteiger partial charge in [-0.25, -0.2) is 28.8 Å². The Labute approximate surface area is 328 Å². The topological polar surface area (TPSA) is 210 Å². The standard InChI is InChI=1S/C18H14O8.2C11H22N2O2/c19-15(20)13(25-17(23)11-7-3-1-4-8-11)14(16(21)22)26-18(24)12-9-5-2-6-10-12;2*1-9-5-6-12-7-8-13(9)10(14)15-11(2,3)4/h1-10,13-14H,(H,19,20)(H,21,22);2*9,12H,5-8H2,1-4H3/t13-,14-;2*9-/m100/s1. The summed E-state index contributed by atoms with van der Waals surface area (Å²) in [6.07, 6.45) is -2.85. The number of nitrogens with zero attached hydrogens (tertiary/aromatic N) is 2. The molecule has 0 aromatic heterocycles. The van der Waals surface area contributed by atoms with Gasteiger partial charge in [-0.15, -0.1) is 0 Å². The van der Waals surface area contributed by atoms with Gasteiger partial charge in [0.05, 0.1) is 11.1 Å². The molecule has 2 aromatic rings. The molecule has 0 unspecified atom stereocenters. The number of carbonyl (C=O) groups is 6. The van der Waals surface area contributed by atoms with E-state index in [-0.39, 0.29) is 35.4 Å². The zero-order valence-electron chi connectivity index (χ0n) is 33.6. The molecule has 16 nitrogen and oxygen atoms in total. The van der Waals surface area contributed by atoms with Crippen molar-refractivity contribution in [1.82, 2.24) is 20.4 Å². The summed E-state index contributed by atoms with van der Waals surface area (Å²) in [4.78, 5) is 74.2. The van der Waals surface area contributed by atoms with Crippen LogP contribution in [0.4, 0.5) is 9.59 Å². The number of esters is 2. The lowest BCUT2D eigenvalue weighted by Crippen LogP contribution is -2.45. The minimum Gasteiger partial charge on any atom is -0.478 e. The Hall–Kier alpha value is -5.22. The quantitative estimate of drug-likeness (QED) is 0.219. The molecule has 4 N–H and O–H groups in total. The average molecular weight is 787 g/mol. The number of rotatable bonds is 7. The third-order valence-corrected chi connectivity index (χ3v) is 8.11. The summed E-state index contributed by atoms with van der Waals surface area (Å²) in [5, 5.41) is 25.0. The van der Waals surface area contributed by atoms with Crippen molar-refractivity contribution in [1.29, 1.82) is 0 Å². The molecule has 0 saturated carbocycles. The van der Waals surface area contributed by atoms with E-state index in [1.54, 1.807) is 12.1 Å². The molecule has 2 aliphatic heterocycles. The van der Waals surface area contributed by atoms with Crippen LogP contribution in [0.1, 0.15) is 88.9 Å². The van der Waals surface area contributed by atoms with Gasteiger partial charge < -0.3 is 49.6 Å². The van der Waals surface area contributed by atoms with E-state index in [2.05, 4.69) is 24.5 Å². The smallest absolute Gasteiger partial charge is 0.410 e. The number of benzene rings is 2. The van der Waals surface area contributed by atoms with E-state index in [1.165, 1.54) is 48.5 Å². The predicted molar refractivity (Wildman–Crippen MR) is 206 cm³/mol. The molecule has 2 amide bonds. The number of hydrogen-bond donors (Lipinski definition) is 4. The van der Waals surface area contributed by atoms with Crippen LogP contribution in [0.2, 0.25) is 0 Å². The van der Waals surface area contributed by atoms with E-state index in [9.17, 15) is 39.0 Å². The maximum Gasteiger partial charge on any atom is 0.410 e. The fraction of sp³-hybridized carbons (Fsp3) is 0.550. The Morgan fingerprint density at radius 1 is 0.589 bits per heavy atom. The van der Waals surface area contributed by atoms with Crippen molar-refractivity contribution in [3.63, 3.8) is 0 Å². The molecule has 2 heterocycles. The van der Waals surface area contributed by atoms with Gasteiger partial charge in [0.15, 0.2) is 0 Å². The molecule has 4 atom stereocenters. The van der Waals surface area contributed by atoms with Crippen LogP contribution in [0.5, 0.6) is 0 Å². The van der Waals surface area contributed by atoms with Crippen LogP contribution in [0.25, 0.3) is 0 Å². The van der Waals surface area contributed by atoms with Crippen LogP contribution in [-0.4, -0.2) is 131 Å². The monoisotopic (exact) mass is 786 g/mol. The van der Waals surface area contributed by atoms with Crippen molar-refractivity contribution in [2.75, 3.05) is 39.3 Å². The number of carbonyl (C=O) groups excluding carboxylic acids is 4.